The van der Waals surface area contributed by atoms with Crippen molar-refractivity contribution in [2.24, 2.45) is 0 Å². The Kier molecular flexibility index (Phi) is 14.3. The van der Waals surface area contributed by atoms with E-state index in [1.165, 1.54) is 93.9 Å². The van der Waals surface area contributed by atoms with Gasteiger partial charge in [0.1, 0.15) is 10.1 Å². The van der Waals surface area contributed by atoms with Crippen molar-refractivity contribution in [3.8, 4) is 0 Å². The molecule has 31 heavy (non-hydrogen) atoms. The summed E-state index contributed by atoms with van der Waals surface area (Å²) < 4.78 is 34.3. The van der Waals surface area contributed by atoms with Crippen molar-refractivity contribution in [3.63, 3.8) is 0 Å². The Balaban J connectivity index is 0.00000480. The molecule has 5 heteroatoms. The number of unbranched alkanes of at least 4 members (excludes halogenated alkanes) is 10. The first-order chi connectivity index (χ1) is 14.5. The van der Waals surface area contributed by atoms with E-state index in [1.54, 1.807) is 0 Å². The van der Waals surface area contributed by atoms with Gasteiger partial charge in [-0.3, -0.25) is 0 Å². The summed E-state index contributed by atoms with van der Waals surface area (Å²) in [6.45, 7) is 4.48. The van der Waals surface area contributed by atoms with Gasteiger partial charge in [-0.05, 0) is 59.7 Å². The van der Waals surface area contributed by atoms with Crippen molar-refractivity contribution in [1.29, 1.82) is 0 Å². The van der Waals surface area contributed by atoms with Crippen LogP contribution in [0.25, 0.3) is 10.8 Å². The third-order valence-electron chi connectivity index (χ3n) is 6.07. The van der Waals surface area contributed by atoms with Crippen molar-refractivity contribution in [2.45, 2.75) is 109 Å². The second kappa shape index (κ2) is 15.4. The summed E-state index contributed by atoms with van der Waals surface area (Å²) in [7, 11) is -4.42. The summed E-state index contributed by atoms with van der Waals surface area (Å²) in [6, 6.07) is 9.00. The quantitative estimate of drug-likeness (QED) is 0.225. The molecule has 0 spiro atoms. The molecule has 0 bridgehead atoms. The SMILES string of the molecule is CCCCCCCCc1ccc2cc(S(=O)(=O)[O-])ccc2c1CCCCCCCC.[Na+]. The average molecular weight is 455 g/mol. The summed E-state index contributed by atoms with van der Waals surface area (Å²) in [5.41, 5.74) is 2.75. The van der Waals surface area contributed by atoms with Crippen molar-refractivity contribution >= 4 is 20.9 Å². The molecular weight excluding hydrogens is 415 g/mol. The van der Waals surface area contributed by atoms with Gasteiger partial charge in [-0.25, -0.2) is 8.42 Å². The van der Waals surface area contributed by atoms with Crippen LogP contribution in [0, 0.1) is 0 Å². The first-order valence-corrected chi connectivity index (χ1v) is 13.4. The van der Waals surface area contributed by atoms with E-state index >= 15 is 0 Å². The number of hydrogen-bond donors (Lipinski definition) is 0. The third kappa shape index (κ3) is 9.96. The van der Waals surface area contributed by atoms with Gasteiger partial charge in [-0.15, -0.1) is 0 Å². The smallest absolute Gasteiger partial charge is 0.744 e. The molecule has 0 saturated carbocycles. The van der Waals surface area contributed by atoms with Crippen LogP contribution in [-0.4, -0.2) is 13.0 Å². The second-order valence-corrected chi connectivity index (χ2v) is 9.96. The van der Waals surface area contributed by atoms with Crippen LogP contribution >= 0.6 is 0 Å². The minimum atomic E-state index is -4.42. The van der Waals surface area contributed by atoms with Gasteiger partial charge in [0.2, 0.25) is 0 Å². The summed E-state index contributed by atoms with van der Waals surface area (Å²) in [6.07, 6.45) is 17.4. The number of rotatable bonds is 15. The van der Waals surface area contributed by atoms with Gasteiger partial charge in [0.25, 0.3) is 0 Å². The Morgan fingerprint density at radius 1 is 0.710 bits per heavy atom. The molecule has 0 fully saturated rings. The molecule has 0 aliphatic carbocycles. The summed E-state index contributed by atoms with van der Waals surface area (Å²) in [5, 5.41) is 1.97. The van der Waals surface area contributed by atoms with E-state index in [9.17, 15) is 13.0 Å². The fourth-order valence-corrected chi connectivity index (χ4v) is 4.79. The number of benzene rings is 2. The molecule has 0 atom stereocenters. The molecule has 2 aromatic carbocycles. The molecule has 0 amide bonds. The zero-order valence-corrected chi connectivity index (χ0v) is 22.7. The van der Waals surface area contributed by atoms with Crippen molar-refractivity contribution < 1.29 is 42.5 Å². The fraction of sp³-hybridized carbons (Fsp3) is 0.615. The van der Waals surface area contributed by atoms with E-state index in [-0.39, 0.29) is 34.5 Å². The van der Waals surface area contributed by atoms with E-state index in [1.807, 2.05) is 12.1 Å². The maximum absolute atomic E-state index is 11.4. The third-order valence-corrected chi connectivity index (χ3v) is 6.90. The van der Waals surface area contributed by atoms with Gasteiger partial charge in [-0.2, -0.15) is 0 Å². The maximum Gasteiger partial charge on any atom is 1.00 e. The number of hydrogen-bond acceptors (Lipinski definition) is 3. The summed E-state index contributed by atoms with van der Waals surface area (Å²) in [4.78, 5) is -0.135. The van der Waals surface area contributed by atoms with Crippen LogP contribution < -0.4 is 29.6 Å². The molecule has 0 radical (unpaired) electrons. The zero-order chi connectivity index (χ0) is 21.8. The Labute approximate surface area is 212 Å². The van der Waals surface area contributed by atoms with E-state index in [4.69, 9.17) is 0 Å². The summed E-state index contributed by atoms with van der Waals surface area (Å²) >= 11 is 0. The van der Waals surface area contributed by atoms with Crippen LogP contribution in [0.1, 0.15) is 102 Å². The molecule has 0 aliphatic heterocycles. The van der Waals surface area contributed by atoms with Gasteiger partial charge in [0.15, 0.2) is 0 Å². The van der Waals surface area contributed by atoms with Crippen LogP contribution in [0.15, 0.2) is 35.2 Å². The Morgan fingerprint density at radius 2 is 1.26 bits per heavy atom. The molecule has 0 unspecified atom stereocenters. The van der Waals surface area contributed by atoms with Crippen LogP contribution in [-0.2, 0) is 23.0 Å². The minimum Gasteiger partial charge on any atom is -0.744 e. The van der Waals surface area contributed by atoms with Gasteiger partial charge in [0.05, 0.1) is 4.90 Å². The topological polar surface area (TPSA) is 57.2 Å². The first kappa shape index (κ1) is 28.6. The van der Waals surface area contributed by atoms with Gasteiger partial charge in [-0.1, -0.05) is 96.3 Å². The van der Waals surface area contributed by atoms with Gasteiger partial charge in [0, 0.05) is 0 Å². The van der Waals surface area contributed by atoms with E-state index in [0.717, 1.165) is 30.0 Å². The van der Waals surface area contributed by atoms with Gasteiger partial charge >= 0.3 is 29.6 Å². The molecule has 0 saturated heterocycles. The first-order valence-electron chi connectivity index (χ1n) is 12.0. The summed E-state index contributed by atoms with van der Waals surface area (Å²) in [5.74, 6) is 0. The van der Waals surface area contributed by atoms with E-state index in [0.29, 0.717) is 0 Å². The average Bonchev–Trinajstić information content (AvgIpc) is 2.72. The molecule has 0 aromatic heterocycles. The van der Waals surface area contributed by atoms with Crippen LogP contribution in [0.3, 0.4) is 0 Å². The fourth-order valence-electron chi connectivity index (χ4n) is 4.28. The molecule has 2 rings (SSSR count). The predicted octanol–water partition coefficient (Wildman–Crippen LogP) is 4.55. The molecule has 0 heterocycles. The number of fused-ring (bicyclic) bond motifs is 1. The molecule has 0 aliphatic rings. The largest absolute Gasteiger partial charge is 1.00 e. The minimum absolute atomic E-state index is 0. The van der Waals surface area contributed by atoms with Crippen LogP contribution in [0.4, 0.5) is 0 Å². The van der Waals surface area contributed by atoms with Crippen molar-refractivity contribution in [3.05, 3.63) is 41.5 Å². The van der Waals surface area contributed by atoms with Crippen molar-refractivity contribution in [2.75, 3.05) is 0 Å². The molecule has 0 N–H and O–H groups in total. The van der Waals surface area contributed by atoms with Gasteiger partial charge < -0.3 is 4.55 Å². The zero-order valence-electron chi connectivity index (χ0n) is 19.9. The normalized spacial score (nSPS) is 11.6. The monoisotopic (exact) mass is 454 g/mol. The Bertz CT molecular complexity index is 878. The predicted molar refractivity (Wildman–Crippen MR) is 126 cm³/mol. The van der Waals surface area contributed by atoms with Crippen molar-refractivity contribution in [1.82, 2.24) is 0 Å². The van der Waals surface area contributed by atoms with E-state index in [2.05, 4.69) is 19.9 Å². The number of aryl methyl sites for hydroxylation is 2. The maximum atomic E-state index is 11.4. The Hall–Kier alpha value is -0.390. The van der Waals surface area contributed by atoms with E-state index < -0.39 is 10.1 Å². The van der Waals surface area contributed by atoms with Crippen LogP contribution in [0.5, 0.6) is 0 Å². The molecule has 3 nitrogen and oxygen atoms in total. The second-order valence-electron chi connectivity index (χ2n) is 8.58. The standard InChI is InChI=1S/C26H40O3S.Na/c1-3-5-7-9-11-13-15-22-17-18-23-21-24(30(27,28)29)19-20-26(23)25(22)16-14-12-10-8-6-4-2;/h17-21H,3-16H2,1-2H3,(H,27,28,29);/q;+1/p-1. The van der Waals surface area contributed by atoms with Crippen LogP contribution in [0.2, 0.25) is 0 Å². The molecule has 168 valence electrons. The molecule has 2 aromatic rings. The Morgan fingerprint density at radius 3 is 1.84 bits per heavy atom. The molecular formula is C26H39NaO3S.